The lowest BCUT2D eigenvalue weighted by Crippen LogP contribution is -1.98. The molecular formula is C8H5N3O2. The van der Waals surface area contributed by atoms with E-state index in [0.29, 0.717) is 11.0 Å². The first-order valence-corrected chi connectivity index (χ1v) is 3.59. The fraction of sp³-hybridized carbons (Fsp3) is 0. The van der Waals surface area contributed by atoms with Gasteiger partial charge in [0.2, 0.25) is 5.78 Å². The van der Waals surface area contributed by atoms with Crippen LogP contribution < -0.4 is 0 Å². The first-order chi connectivity index (χ1) is 6.33. The maximum Gasteiger partial charge on any atom is 0.229 e. The molecule has 0 aliphatic carbocycles. The van der Waals surface area contributed by atoms with E-state index >= 15 is 0 Å². The van der Waals surface area contributed by atoms with Crippen LogP contribution >= 0.6 is 0 Å². The van der Waals surface area contributed by atoms with Gasteiger partial charge in [-0.05, 0) is 0 Å². The Morgan fingerprint density at radius 2 is 2.38 bits per heavy atom. The summed E-state index contributed by atoms with van der Waals surface area (Å²) in [6.07, 6.45) is 4.60. The second-order valence-electron chi connectivity index (χ2n) is 2.47. The quantitative estimate of drug-likeness (QED) is 0.405. The van der Waals surface area contributed by atoms with Crippen molar-refractivity contribution < 1.29 is 9.59 Å². The number of aromatic amines is 1. The molecule has 0 saturated carbocycles. The summed E-state index contributed by atoms with van der Waals surface area (Å²) in [6, 6.07) is 0. The van der Waals surface area contributed by atoms with Crippen molar-refractivity contribution in [3.8, 4) is 0 Å². The van der Waals surface area contributed by atoms with Gasteiger partial charge in [0, 0.05) is 6.20 Å². The normalized spacial score (nSPS) is 10.2. The molecule has 0 fully saturated rings. The molecule has 0 atom stereocenters. The van der Waals surface area contributed by atoms with Crippen molar-refractivity contribution in [2.45, 2.75) is 0 Å². The minimum atomic E-state index is -0.579. The average Bonchev–Trinajstić information content (AvgIpc) is 2.60. The number of carbonyl (C=O) groups is 2. The highest BCUT2D eigenvalue weighted by Gasteiger charge is 2.11. The van der Waals surface area contributed by atoms with Crippen LogP contribution in [0.4, 0.5) is 0 Å². The van der Waals surface area contributed by atoms with Gasteiger partial charge in [-0.1, -0.05) is 0 Å². The van der Waals surface area contributed by atoms with Crippen molar-refractivity contribution in [3.05, 3.63) is 24.3 Å². The van der Waals surface area contributed by atoms with E-state index in [4.69, 9.17) is 0 Å². The fourth-order valence-corrected chi connectivity index (χ4v) is 1.12. The van der Waals surface area contributed by atoms with E-state index in [1.165, 1.54) is 12.5 Å². The summed E-state index contributed by atoms with van der Waals surface area (Å²) in [5.74, 6) is -0.579. The van der Waals surface area contributed by atoms with Gasteiger partial charge in [0.1, 0.15) is 11.8 Å². The second-order valence-corrected chi connectivity index (χ2v) is 2.47. The van der Waals surface area contributed by atoms with Crippen molar-refractivity contribution in [1.29, 1.82) is 0 Å². The highest BCUT2D eigenvalue weighted by molar-refractivity contribution is 6.35. The molecular weight excluding hydrogens is 170 g/mol. The number of fused-ring (bicyclic) bond motifs is 1. The SMILES string of the molecule is O=CC(=O)c1c[nH]c2cncnc12. The summed E-state index contributed by atoms with van der Waals surface area (Å²) in [6.45, 7) is 0. The lowest BCUT2D eigenvalue weighted by Gasteiger charge is -1.88. The maximum absolute atomic E-state index is 11.0. The molecule has 0 aliphatic rings. The average molecular weight is 175 g/mol. The summed E-state index contributed by atoms with van der Waals surface area (Å²) in [5, 5.41) is 0. The molecule has 1 N–H and O–H groups in total. The Kier molecular flexibility index (Phi) is 1.63. The maximum atomic E-state index is 11.0. The zero-order valence-corrected chi connectivity index (χ0v) is 6.52. The van der Waals surface area contributed by atoms with Gasteiger partial charge in [0.15, 0.2) is 6.29 Å². The molecule has 0 saturated heterocycles. The molecule has 0 unspecified atom stereocenters. The molecule has 2 aromatic rings. The molecule has 13 heavy (non-hydrogen) atoms. The van der Waals surface area contributed by atoms with Crippen molar-refractivity contribution in [2.75, 3.05) is 0 Å². The standard InChI is InChI=1S/C8H5N3O2/c12-3-7(13)5-1-10-6-2-9-4-11-8(5)6/h1-4,10H. The molecule has 0 spiro atoms. The lowest BCUT2D eigenvalue weighted by atomic mass is 10.2. The van der Waals surface area contributed by atoms with Crippen molar-refractivity contribution in [2.24, 2.45) is 0 Å². The largest absolute Gasteiger partial charge is 0.358 e. The number of aromatic nitrogens is 3. The number of aldehydes is 1. The number of Topliss-reactive ketones (excluding diaryl/α,β-unsaturated/α-hetero) is 1. The zero-order valence-electron chi connectivity index (χ0n) is 6.52. The van der Waals surface area contributed by atoms with E-state index in [-0.39, 0.29) is 11.8 Å². The Morgan fingerprint density at radius 3 is 3.15 bits per heavy atom. The van der Waals surface area contributed by atoms with Crippen molar-refractivity contribution >= 4 is 23.1 Å². The van der Waals surface area contributed by atoms with Gasteiger partial charge in [0.05, 0.1) is 17.3 Å². The minimum Gasteiger partial charge on any atom is -0.358 e. The Balaban J connectivity index is 2.71. The molecule has 5 heteroatoms. The molecule has 64 valence electrons. The molecule has 0 aliphatic heterocycles. The number of nitrogens with zero attached hydrogens (tertiary/aromatic N) is 2. The highest BCUT2D eigenvalue weighted by atomic mass is 16.2. The molecule has 2 rings (SSSR count). The van der Waals surface area contributed by atoms with Crippen LogP contribution in [0, 0.1) is 0 Å². The third kappa shape index (κ3) is 1.10. The predicted octanol–water partition coefficient (Wildman–Crippen LogP) is 0.339. The summed E-state index contributed by atoms with van der Waals surface area (Å²) in [5.41, 5.74) is 1.41. The van der Waals surface area contributed by atoms with E-state index in [9.17, 15) is 9.59 Å². The predicted molar refractivity (Wildman–Crippen MR) is 44.3 cm³/mol. The second kappa shape index (κ2) is 2.78. The van der Waals surface area contributed by atoms with E-state index < -0.39 is 5.78 Å². The molecule has 2 aromatic heterocycles. The van der Waals surface area contributed by atoms with Gasteiger partial charge in [-0.25, -0.2) is 9.97 Å². The molecule has 2 heterocycles. The lowest BCUT2D eigenvalue weighted by molar-refractivity contribution is -0.104. The van der Waals surface area contributed by atoms with Crippen LogP contribution in [0.5, 0.6) is 0 Å². The van der Waals surface area contributed by atoms with Crippen LogP contribution in [0.25, 0.3) is 11.0 Å². The Labute approximate surface area is 72.8 Å². The van der Waals surface area contributed by atoms with Gasteiger partial charge in [0.25, 0.3) is 0 Å². The first-order valence-electron chi connectivity index (χ1n) is 3.59. The number of rotatable bonds is 2. The number of hydrogen-bond donors (Lipinski definition) is 1. The monoisotopic (exact) mass is 175 g/mol. The van der Waals surface area contributed by atoms with Crippen molar-refractivity contribution in [3.63, 3.8) is 0 Å². The Morgan fingerprint density at radius 1 is 1.54 bits per heavy atom. The van der Waals surface area contributed by atoms with Crippen LogP contribution in [0.3, 0.4) is 0 Å². The van der Waals surface area contributed by atoms with Gasteiger partial charge >= 0.3 is 0 Å². The van der Waals surface area contributed by atoms with Crippen LogP contribution in [0.15, 0.2) is 18.7 Å². The Bertz CT molecular complexity index is 475. The molecule has 0 bridgehead atoms. The smallest absolute Gasteiger partial charge is 0.229 e. The Hall–Kier alpha value is -2.04. The third-order valence-corrected chi connectivity index (χ3v) is 1.71. The van der Waals surface area contributed by atoms with E-state index in [1.807, 2.05) is 0 Å². The van der Waals surface area contributed by atoms with Gasteiger partial charge < -0.3 is 4.98 Å². The van der Waals surface area contributed by atoms with Gasteiger partial charge in [-0.2, -0.15) is 0 Å². The van der Waals surface area contributed by atoms with E-state index in [1.54, 1.807) is 6.20 Å². The summed E-state index contributed by atoms with van der Waals surface area (Å²) >= 11 is 0. The first kappa shape index (κ1) is 7.60. The zero-order chi connectivity index (χ0) is 9.26. The number of hydrogen-bond acceptors (Lipinski definition) is 4. The molecule has 0 amide bonds. The number of ketones is 1. The number of H-pyrrole nitrogens is 1. The molecule has 5 nitrogen and oxygen atoms in total. The van der Waals surface area contributed by atoms with Gasteiger partial charge in [-0.15, -0.1) is 0 Å². The summed E-state index contributed by atoms with van der Waals surface area (Å²) in [4.78, 5) is 31.7. The van der Waals surface area contributed by atoms with Crippen LogP contribution in [-0.2, 0) is 4.79 Å². The summed E-state index contributed by atoms with van der Waals surface area (Å²) < 4.78 is 0. The third-order valence-electron chi connectivity index (χ3n) is 1.71. The van der Waals surface area contributed by atoms with E-state index in [0.717, 1.165) is 0 Å². The fourth-order valence-electron chi connectivity index (χ4n) is 1.12. The summed E-state index contributed by atoms with van der Waals surface area (Å²) in [7, 11) is 0. The van der Waals surface area contributed by atoms with Crippen molar-refractivity contribution in [1.82, 2.24) is 15.0 Å². The van der Waals surface area contributed by atoms with Crippen LogP contribution in [0.2, 0.25) is 0 Å². The molecule has 0 aromatic carbocycles. The molecule has 0 radical (unpaired) electrons. The van der Waals surface area contributed by atoms with Crippen LogP contribution in [0.1, 0.15) is 10.4 Å². The van der Waals surface area contributed by atoms with Crippen LogP contribution in [-0.4, -0.2) is 27.0 Å². The topological polar surface area (TPSA) is 75.7 Å². The highest BCUT2D eigenvalue weighted by Crippen LogP contribution is 2.13. The number of carbonyl (C=O) groups excluding carboxylic acids is 2. The van der Waals surface area contributed by atoms with E-state index in [2.05, 4.69) is 15.0 Å². The minimum absolute atomic E-state index is 0.269. The number of nitrogens with one attached hydrogen (secondary N) is 1. The van der Waals surface area contributed by atoms with Gasteiger partial charge in [-0.3, -0.25) is 9.59 Å².